The van der Waals surface area contributed by atoms with E-state index in [1.54, 1.807) is 4.90 Å². The van der Waals surface area contributed by atoms with Crippen LogP contribution in [0.2, 0.25) is 0 Å². The van der Waals surface area contributed by atoms with Crippen LogP contribution in [0.3, 0.4) is 0 Å². The molecule has 1 heterocycles. The van der Waals surface area contributed by atoms with Crippen molar-refractivity contribution in [2.75, 3.05) is 45.9 Å². The number of amides is 2. The lowest BCUT2D eigenvalue weighted by Gasteiger charge is -2.22. The fourth-order valence-corrected chi connectivity index (χ4v) is 4.19. The van der Waals surface area contributed by atoms with Crippen LogP contribution in [-0.2, 0) is 14.8 Å². The smallest absolute Gasteiger partial charge is 0.317 e. The van der Waals surface area contributed by atoms with E-state index in [4.69, 9.17) is 4.74 Å². The van der Waals surface area contributed by atoms with Gasteiger partial charge in [0, 0.05) is 45.9 Å². The Morgan fingerprint density at radius 2 is 1.92 bits per heavy atom. The lowest BCUT2D eigenvalue weighted by molar-refractivity contribution is 0.144. The summed E-state index contributed by atoms with van der Waals surface area (Å²) >= 11 is 0. The second kappa shape index (κ2) is 9.84. The molecule has 1 aliphatic heterocycles. The first-order valence-corrected chi connectivity index (χ1v) is 10.3. The van der Waals surface area contributed by atoms with Gasteiger partial charge in [-0.15, -0.1) is 0 Å². The molecule has 0 atom stereocenters. The quantitative estimate of drug-likeness (QED) is 0.722. The van der Waals surface area contributed by atoms with Crippen molar-refractivity contribution in [2.24, 2.45) is 0 Å². The molecule has 0 unspecified atom stereocenters. The standard InChI is InChI=1S/C17H26FN3O4S/c1-2-25-14-3-9-19-17(22)20-10-4-11-21(13-12-20)26(23,24)16-7-5-15(18)6-8-16/h5-8H,2-4,9-14H2,1H3,(H,19,22). The molecule has 1 aromatic carbocycles. The Bertz CT molecular complexity index is 682. The van der Waals surface area contributed by atoms with Crippen LogP contribution in [0.4, 0.5) is 9.18 Å². The topological polar surface area (TPSA) is 79.0 Å². The van der Waals surface area contributed by atoms with Crippen LogP contribution in [0.25, 0.3) is 0 Å². The van der Waals surface area contributed by atoms with Gasteiger partial charge in [-0.1, -0.05) is 0 Å². The zero-order chi connectivity index (χ0) is 19.0. The summed E-state index contributed by atoms with van der Waals surface area (Å²) in [5, 5.41) is 2.83. The Morgan fingerprint density at radius 3 is 2.62 bits per heavy atom. The van der Waals surface area contributed by atoms with Gasteiger partial charge in [0.05, 0.1) is 4.90 Å². The summed E-state index contributed by atoms with van der Waals surface area (Å²) in [4.78, 5) is 13.9. The first-order valence-electron chi connectivity index (χ1n) is 8.81. The lowest BCUT2D eigenvalue weighted by Crippen LogP contribution is -2.43. The summed E-state index contributed by atoms with van der Waals surface area (Å²) in [6.45, 7) is 5.04. The highest BCUT2D eigenvalue weighted by atomic mass is 32.2. The molecule has 26 heavy (non-hydrogen) atoms. The Balaban J connectivity index is 1.89. The number of nitrogens with zero attached hydrogens (tertiary/aromatic N) is 2. The summed E-state index contributed by atoms with van der Waals surface area (Å²) < 4.78 is 44.9. The molecular formula is C17H26FN3O4S. The highest BCUT2D eigenvalue weighted by Gasteiger charge is 2.28. The monoisotopic (exact) mass is 387 g/mol. The maximum atomic E-state index is 13.0. The fraction of sp³-hybridized carbons (Fsp3) is 0.588. The molecule has 0 spiro atoms. The number of benzene rings is 1. The first kappa shape index (κ1) is 20.6. The highest BCUT2D eigenvalue weighted by molar-refractivity contribution is 7.89. The number of hydrogen-bond acceptors (Lipinski definition) is 4. The molecule has 146 valence electrons. The van der Waals surface area contributed by atoms with Gasteiger partial charge in [0.1, 0.15) is 5.82 Å². The van der Waals surface area contributed by atoms with E-state index in [0.717, 1.165) is 18.6 Å². The van der Waals surface area contributed by atoms with E-state index in [-0.39, 0.29) is 17.5 Å². The SMILES string of the molecule is CCOCCCNC(=O)N1CCCN(S(=O)(=O)c2ccc(F)cc2)CC1. The molecule has 0 radical (unpaired) electrons. The van der Waals surface area contributed by atoms with Crippen molar-refractivity contribution >= 4 is 16.1 Å². The summed E-state index contributed by atoms with van der Waals surface area (Å²) in [7, 11) is -3.69. The average Bonchev–Trinajstić information content (AvgIpc) is 2.88. The molecule has 1 fully saturated rings. The number of nitrogens with one attached hydrogen (secondary N) is 1. The van der Waals surface area contributed by atoms with E-state index in [1.165, 1.54) is 16.4 Å². The third kappa shape index (κ3) is 5.65. The van der Waals surface area contributed by atoms with Gasteiger partial charge in [0.2, 0.25) is 10.0 Å². The van der Waals surface area contributed by atoms with Gasteiger partial charge >= 0.3 is 6.03 Å². The van der Waals surface area contributed by atoms with Crippen molar-refractivity contribution < 1.29 is 22.3 Å². The van der Waals surface area contributed by atoms with E-state index in [1.807, 2.05) is 6.92 Å². The van der Waals surface area contributed by atoms with E-state index >= 15 is 0 Å². The van der Waals surface area contributed by atoms with Crippen molar-refractivity contribution in [2.45, 2.75) is 24.7 Å². The normalized spacial score (nSPS) is 16.3. The molecule has 7 nitrogen and oxygen atoms in total. The van der Waals surface area contributed by atoms with Crippen molar-refractivity contribution in [1.82, 2.24) is 14.5 Å². The average molecular weight is 387 g/mol. The molecular weight excluding hydrogens is 361 g/mol. The van der Waals surface area contributed by atoms with E-state index in [2.05, 4.69) is 5.32 Å². The molecule has 1 aliphatic rings. The Hall–Kier alpha value is -1.71. The maximum Gasteiger partial charge on any atom is 0.317 e. The molecule has 9 heteroatoms. The predicted octanol–water partition coefficient (Wildman–Crippen LogP) is 1.66. The van der Waals surface area contributed by atoms with Crippen molar-refractivity contribution in [3.63, 3.8) is 0 Å². The summed E-state index contributed by atoms with van der Waals surface area (Å²) in [6, 6.07) is 4.60. The van der Waals surface area contributed by atoms with Gasteiger partial charge in [-0.05, 0) is 44.0 Å². The number of hydrogen-bond donors (Lipinski definition) is 1. The third-order valence-corrected chi connectivity index (χ3v) is 6.05. The highest BCUT2D eigenvalue weighted by Crippen LogP contribution is 2.18. The number of carbonyl (C=O) groups is 1. The van der Waals surface area contributed by atoms with Crippen LogP contribution in [-0.4, -0.2) is 69.6 Å². The van der Waals surface area contributed by atoms with Gasteiger partial charge in [-0.25, -0.2) is 17.6 Å². The number of carbonyl (C=O) groups excluding carboxylic acids is 1. The maximum absolute atomic E-state index is 13.0. The largest absolute Gasteiger partial charge is 0.382 e. The molecule has 2 amide bonds. The van der Waals surface area contributed by atoms with Gasteiger partial charge in [-0.3, -0.25) is 0 Å². The number of urea groups is 1. The van der Waals surface area contributed by atoms with Gasteiger partial charge in [0.25, 0.3) is 0 Å². The minimum Gasteiger partial charge on any atom is -0.382 e. The second-order valence-corrected chi connectivity index (χ2v) is 7.92. The molecule has 1 saturated heterocycles. The fourth-order valence-electron chi connectivity index (χ4n) is 2.72. The van der Waals surface area contributed by atoms with Crippen molar-refractivity contribution in [1.29, 1.82) is 0 Å². The summed E-state index contributed by atoms with van der Waals surface area (Å²) in [5.41, 5.74) is 0. The number of sulfonamides is 1. The summed E-state index contributed by atoms with van der Waals surface area (Å²) in [5.74, 6) is -0.480. The van der Waals surface area contributed by atoms with Crippen LogP contribution in [0, 0.1) is 5.82 Å². The van der Waals surface area contributed by atoms with Crippen LogP contribution in [0.5, 0.6) is 0 Å². The van der Waals surface area contributed by atoms with Crippen LogP contribution in [0.15, 0.2) is 29.2 Å². The van der Waals surface area contributed by atoms with E-state index < -0.39 is 15.8 Å². The summed E-state index contributed by atoms with van der Waals surface area (Å²) in [6.07, 6.45) is 1.28. The zero-order valence-electron chi connectivity index (χ0n) is 15.0. The molecule has 2 rings (SSSR count). The van der Waals surface area contributed by atoms with Gasteiger partial charge in [0.15, 0.2) is 0 Å². The lowest BCUT2D eigenvalue weighted by atomic mass is 10.4. The number of ether oxygens (including phenoxy) is 1. The van der Waals surface area contributed by atoms with Crippen molar-refractivity contribution in [3.8, 4) is 0 Å². The van der Waals surface area contributed by atoms with Crippen LogP contribution in [0.1, 0.15) is 19.8 Å². The van der Waals surface area contributed by atoms with Gasteiger partial charge < -0.3 is 15.0 Å². The Kier molecular flexibility index (Phi) is 7.80. The molecule has 0 saturated carbocycles. The minimum atomic E-state index is -3.69. The van der Waals surface area contributed by atoms with Crippen molar-refractivity contribution in [3.05, 3.63) is 30.1 Å². The third-order valence-electron chi connectivity index (χ3n) is 4.14. The van der Waals surface area contributed by atoms with Gasteiger partial charge in [-0.2, -0.15) is 4.31 Å². The molecule has 0 aromatic heterocycles. The predicted molar refractivity (Wildman–Crippen MR) is 95.9 cm³/mol. The first-order chi connectivity index (χ1) is 12.4. The molecule has 1 N–H and O–H groups in total. The Labute approximate surface area is 154 Å². The molecule has 0 bridgehead atoms. The second-order valence-electron chi connectivity index (χ2n) is 5.98. The number of rotatable bonds is 7. The molecule has 0 aliphatic carbocycles. The van der Waals surface area contributed by atoms with Crippen LogP contribution >= 0.6 is 0 Å². The zero-order valence-corrected chi connectivity index (χ0v) is 15.8. The molecule has 1 aromatic rings. The minimum absolute atomic E-state index is 0.0627. The van der Waals surface area contributed by atoms with Crippen LogP contribution < -0.4 is 5.32 Å². The Morgan fingerprint density at radius 1 is 1.19 bits per heavy atom. The number of halogens is 1. The van der Waals surface area contributed by atoms with E-state index in [0.29, 0.717) is 45.8 Å². The van der Waals surface area contributed by atoms with E-state index in [9.17, 15) is 17.6 Å².